The van der Waals surface area contributed by atoms with Crippen molar-refractivity contribution in [3.63, 3.8) is 0 Å². The van der Waals surface area contributed by atoms with Gasteiger partial charge in [-0.25, -0.2) is 4.79 Å². The van der Waals surface area contributed by atoms with Crippen LogP contribution < -0.4 is 20.1 Å². The maximum Gasteiger partial charge on any atom is 0.338 e. The van der Waals surface area contributed by atoms with Crippen LogP contribution in [0.4, 0.5) is 5.69 Å². The first-order chi connectivity index (χ1) is 28.6. The summed E-state index contributed by atoms with van der Waals surface area (Å²) < 4.78 is 29.1. The van der Waals surface area contributed by atoms with Gasteiger partial charge in [0.2, 0.25) is 11.8 Å². The quantitative estimate of drug-likeness (QED) is 0.0462. The number of anilines is 1. The molecule has 316 valence electrons. The van der Waals surface area contributed by atoms with E-state index in [0.717, 1.165) is 64.3 Å². The number of carbonyl (C=O) groups is 3. The zero-order chi connectivity index (χ0) is 42.2. The van der Waals surface area contributed by atoms with E-state index in [2.05, 4.69) is 22.8 Å². The molecule has 2 amide bonds. The summed E-state index contributed by atoms with van der Waals surface area (Å²) in [6, 6.07) is 29.7. The molecular formula is C48H61N3O8. The number of nitrogens with one attached hydrogen (secondary N) is 2. The fourth-order valence-corrected chi connectivity index (χ4v) is 7.91. The summed E-state index contributed by atoms with van der Waals surface area (Å²) >= 11 is 0. The number of likely N-dealkylation sites (tertiary alicyclic amines) is 1. The van der Waals surface area contributed by atoms with E-state index in [1.165, 1.54) is 0 Å². The summed E-state index contributed by atoms with van der Waals surface area (Å²) in [5, 5.41) is 6.38. The van der Waals surface area contributed by atoms with E-state index >= 15 is 0 Å². The molecule has 2 N–H and O–H groups in total. The van der Waals surface area contributed by atoms with Crippen LogP contribution in [0, 0.1) is 13.8 Å². The molecule has 5 rings (SSSR count). The van der Waals surface area contributed by atoms with Crippen molar-refractivity contribution in [2.24, 2.45) is 0 Å². The molecule has 4 aromatic rings. The second-order valence-corrected chi connectivity index (χ2v) is 15.0. The van der Waals surface area contributed by atoms with Crippen LogP contribution in [-0.2, 0) is 29.4 Å². The maximum absolute atomic E-state index is 13.8. The fraction of sp³-hybridized carbons (Fsp3) is 0.438. The van der Waals surface area contributed by atoms with Gasteiger partial charge < -0.3 is 39.2 Å². The molecule has 1 saturated heterocycles. The Balaban J connectivity index is 1.12. The number of amides is 2. The Bertz CT molecular complexity index is 1880. The largest absolute Gasteiger partial charge is 0.497 e. The molecule has 0 saturated carbocycles. The zero-order valence-electron chi connectivity index (χ0n) is 35.5. The Hall–Kier alpha value is -5.39. The predicted octanol–water partition coefficient (Wildman–Crippen LogP) is 7.99. The van der Waals surface area contributed by atoms with Crippen molar-refractivity contribution in [1.82, 2.24) is 10.2 Å². The smallest absolute Gasteiger partial charge is 0.338 e. The molecule has 59 heavy (non-hydrogen) atoms. The van der Waals surface area contributed by atoms with E-state index in [-0.39, 0.29) is 29.9 Å². The van der Waals surface area contributed by atoms with Gasteiger partial charge in [-0.2, -0.15) is 0 Å². The SMILES string of the molecule is CCOC(=O)c1c(C)cc(NCCCC(=O)NCCCCCC(=O)N2C[C@H](OC)C[C@H]2COC(c2ccccc2)(c2ccc(OC)cc2)c2ccc(OC)cc2)cc1C. The Morgan fingerprint density at radius 1 is 0.746 bits per heavy atom. The van der Waals surface area contributed by atoms with Crippen LogP contribution in [0.15, 0.2) is 91.0 Å². The summed E-state index contributed by atoms with van der Waals surface area (Å²) in [6.07, 6.45) is 4.41. The second-order valence-electron chi connectivity index (χ2n) is 15.0. The number of benzene rings is 4. The number of ether oxygens (including phenoxy) is 5. The van der Waals surface area contributed by atoms with E-state index in [0.29, 0.717) is 64.1 Å². The van der Waals surface area contributed by atoms with Gasteiger partial charge in [0.1, 0.15) is 17.1 Å². The number of esters is 1. The molecule has 4 aromatic carbocycles. The Kier molecular flexibility index (Phi) is 16.8. The number of nitrogens with zero attached hydrogens (tertiary/aromatic N) is 1. The summed E-state index contributed by atoms with van der Waals surface area (Å²) in [6.45, 7) is 7.93. The minimum atomic E-state index is -0.988. The monoisotopic (exact) mass is 807 g/mol. The highest BCUT2D eigenvalue weighted by Gasteiger charge is 2.42. The lowest BCUT2D eigenvalue weighted by Crippen LogP contribution is -2.42. The first-order valence-electron chi connectivity index (χ1n) is 20.7. The van der Waals surface area contributed by atoms with Gasteiger partial charge in [-0.15, -0.1) is 0 Å². The van der Waals surface area contributed by atoms with Crippen molar-refractivity contribution < 1.29 is 38.1 Å². The number of hydrogen-bond acceptors (Lipinski definition) is 9. The average Bonchev–Trinajstić information content (AvgIpc) is 3.68. The van der Waals surface area contributed by atoms with Crippen LogP contribution in [-0.4, -0.2) is 89.0 Å². The fourth-order valence-electron chi connectivity index (χ4n) is 7.91. The summed E-state index contributed by atoms with van der Waals surface area (Å²) in [5.74, 6) is 1.27. The highest BCUT2D eigenvalue weighted by Crippen LogP contribution is 2.42. The molecule has 1 heterocycles. The summed E-state index contributed by atoms with van der Waals surface area (Å²) in [7, 11) is 5.00. The topological polar surface area (TPSA) is 125 Å². The summed E-state index contributed by atoms with van der Waals surface area (Å²) in [4.78, 5) is 40.5. The number of rotatable bonds is 22. The standard InChI is InChI=1S/C48H61N3O8/c1-7-58-47(54)46-34(2)29-39(30-35(46)3)49-28-14-17-44(52)50-27-13-9-12-18-45(53)51-32-43(57-6)31-40(51)33-59-48(36-15-10-8-11-16-36,37-19-23-41(55-4)24-20-37)38-21-25-42(56-5)26-22-38/h8,10-11,15-16,19-26,29-30,40,43,49H,7,9,12-14,17-18,27-28,31-33H2,1-6H3,(H,50,52)/t40-,43+/m0/s1. The van der Waals surface area contributed by atoms with Crippen LogP contribution >= 0.6 is 0 Å². The Morgan fingerprint density at radius 3 is 1.93 bits per heavy atom. The minimum Gasteiger partial charge on any atom is -0.497 e. The van der Waals surface area contributed by atoms with E-state index in [4.69, 9.17) is 23.7 Å². The van der Waals surface area contributed by atoms with Crippen molar-refractivity contribution in [3.8, 4) is 11.5 Å². The van der Waals surface area contributed by atoms with Crippen molar-refractivity contribution in [2.45, 2.75) is 83.5 Å². The van der Waals surface area contributed by atoms with Gasteiger partial charge in [0.15, 0.2) is 0 Å². The van der Waals surface area contributed by atoms with Crippen molar-refractivity contribution >= 4 is 23.5 Å². The lowest BCUT2D eigenvalue weighted by Gasteiger charge is -2.38. The van der Waals surface area contributed by atoms with Gasteiger partial charge in [0, 0.05) is 45.3 Å². The van der Waals surface area contributed by atoms with E-state index in [1.54, 1.807) is 28.3 Å². The second kappa shape index (κ2) is 22.1. The molecule has 11 heteroatoms. The predicted molar refractivity (Wildman–Crippen MR) is 230 cm³/mol. The molecule has 0 spiro atoms. The number of hydrogen-bond donors (Lipinski definition) is 2. The molecule has 0 aromatic heterocycles. The van der Waals surface area contributed by atoms with Crippen molar-refractivity contribution in [1.29, 1.82) is 0 Å². The van der Waals surface area contributed by atoms with Crippen LogP contribution in [0.2, 0.25) is 0 Å². The molecule has 0 aliphatic carbocycles. The van der Waals surface area contributed by atoms with E-state index in [1.807, 2.05) is 97.6 Å². The van der Waals surface area contributed by atoms with Crippen molar-refractivity contribution in [3.05, 3.63) is 124 Å². The normalized spacial score (nSPS) is 15.1. The lowest BCUT2D eigenvalue weighted by molar-refractivity contribution is -0.134. The molecule has 1 fully saturated rings. The first kappa shape index (κ1) is 44.7. The third kappa shape index (κ3) is 11.6. The molecular weight excluding hydrogens is 747 g/mol. The molecule has 1 aliphatic rings. The molecule has 0 unspecified atom stereocenters. The minimum absolute atomic E-state index is 0.00858. The number of aryl methyl sites for hydroxylation is 2. The molecule has 11 nitrogen and oxygen atoms in total. The molecule has 2 atom stereocenters. The van der Waals surface area contributed by atoms with Crippen LogP contribution in [0.1, 0.15) is 90.0 Å². The third-order valence-electron chi connectivity index (χ3n) is 11.0. The third-order valence-corrected chi connectivity index (χ3v) is 11.0. The van der Waals surface area contributed by atoms with E-state index < -0.39 is 5.60 Å². The van der Waals surface area contributed by atoms with Crippen LogP contribution in [0.5, 0.6) is 11.5 Å². The van der Waals surface area contributed by atoms with Gasteiger partial charge >= 0.3 is 5.97 Å². The highest BCUT2D eigenvalue weighted by atomic mass is 16.5. The average molecular weight is 808 g/mol. The summed E-state index contributed by atoms with van der Waals surface area (Å²) in [5.41, 5.74) is 5.06. The van der Waals surface area contributed by atoms with Gasteiger partial charge in [-0.3, -0.25) is 9.59 Å². The number of unbranched alkanes of at least 4 members (excludes halogenated alkanes) is 2. The van der Waals surface area contributed by atoms with E-state index in [9.17, 15) is 14.4 Å². The molecule has 1 aliphatic heterocycles. The van der Waals surface area contributed by atoms with Crippen molar-refractivity contribution in [2.75, 3.05) is 59.5 Å². The van der Waals surface area contributed by atoms with Gasteiger partial charge in [-0.1, -0.05) is 61.0 Å². The first-order valence-corrected chi connectivity index (χ1v) is 20.7. The number of carbonyl (C=O) groups excluding carboxylic acids is 3. The number of methoxy groups -OCH3 is 3. The van der Waals surface area contributed by atoms with Gasteiger partial charge in [0.25, 0.3) is 0 Å². The molecule has 0 radical (unpaired) electrons. The van der Waals surface area contributed by atoms with Crippen LogP contribution in [0.25, 0.3) is 0 Å². The lowest BCUT2D eigenvalue weighted by atomic mass is 9.80. The van der Waals surface area contributed by atoms with Gasteiger partial charge in [-0.05, 0) is 111 Å². The Morgan fingerprint density at radius 2 is 1.36 bits per heavy atom. The zero-order valence-corrected chi connectivity index (χ0v) is 35.5. The molecule has 0 bridgehead atoms. The van der Waals surface area contributed by atoms with Crippen LogP contribution in [0.3, 0.4) is 0 Å². The maximum atomic E-state index is 13.8. The van der Waals surface area contributed by atoms with Gasteiger partial charge in [0.05, 0.1) is 45.1 Å². The highest BCUT2D eigenvalue weighted by molar-refractivity contribution is 5.93. The Labute approximate surface area is 349 Å².